The molecular formula is C25H26FN5O4. The quantitative estimate of drug-likeness (QED) is 0.619. The Hall–Kier alpha value is -3.92. The zero-order chi connectivity index (χ0) is 24.4. The van der Waals surface area contributed by atoms with Gasteiger partial charge in [-0.15, -0.1) is 0 Å². The fraction of sp³-hybridized carbons (Fsp3) is 0.320. The lowest BCUT2D eigenvalue weighted by atomic mass is 10.1. The summed E-state index contributed by atoms with van der Waals surface area (Å²) in [6.45, 7) is 2.88. The maximum Gasteiger partial charge on any atom is 0.342 e. The van der Waals surface area contributed by atoms with Crippen LogP contribution in [0.1, 0.15) is 11.1 Å². The number of rotatable bonds is 4. The first kappa shape index (κ1) is 22.9. The molecule has 3 heterocycles. The molecule has 0 bridgehead atoms. The van der Waals surface area contributed by atoms with Crippen LogP contribution in [0.4, 0.5) is 20.6 Å². The number of fused-ring (bicyclic) bond motifs is 1. The minimum absolute atomic E-state index is 0.00374. The summed E-state index contributed by atoms with van der Waals surface area (Å²) >= 11 is 0. The number of benzene rings is 2. The van der Waals surface area contributed by atoms with Gasteiger partial charge in [0.05, 0.1) is 25.1 Å². The van der Waals surface area contributed by atoms with E-state index in [1.807, 2.05) is 18.2 Å². The van der Waals surface area contributed by atoms with Gasteiger partial charge in [-0.05, 0) is 41.5 Å². The monoisotopic (exact) mass is 479 g/mol. The summed E-state index contributed by atoms with van der Waals surface area (Å²) in [7, 11) is 1.67. The third kappa shape index (κ3) is 4.97. The first-order valence-electron chi connectivity index (χ1n) is 11.4. The van der Waals surface area contributed by atoms with Crippen molar-refractivity contribution in [3.8, 4) is 5.75 Å². The number of ether oxygens (including phenoxy) is 2. The number of amides is 2. The van der Waals surface area contributed by atoms with Crippen LogP contribution in [0.2, 0.25) is 0 Å². The maximum absolute atomic E-state index is 13.4. The molecule has 0 radical (unpaired) electrons. The Labute approximate surface area is 202 Å². The number of anilines is 2. The molecule has 1 saturated heterocycles. The van der Waals surface area contributed by atoms with Crippen molar-refractivity contribution >= 4 is 23.3 Å². The molecule has 1 fully saturated rings. The predicted molar refractivity (Wildman–Crippen MR) is 128 cm³/mol. The second kappa shape index (κ2) is 9.75. The van der Waals surface area contributed by atoms with Gasteiger partial charge in [0, 0.05) is 38.4 Å². The van der Waals surface area contributed by atoms with E-state index in [1.54, 1.807) is 31.6 Å². The number of aromatic nitrogens is 2. The van der Waals surface area contributed by atoms with E-state index in [2.05, 4.69) is 15.3 Å². The molecule has 0 unspecified atom stereocenters. The van der Waals surface area contributed by atoms with Crippen molar-refractivity contribution in [2.24, 2.45) is 0 Å². The molecular weight excluding hydrogens is 453 g/mol. The van der Waals surface area contributed by atoms with Gasteiger partial charge in [-0.2, -0.15) is 9.78 Å². The van der Waals surface area contributed by atoms with Gasteiger partial charge in [0.2, 0.25) is 0 Å². The average molecular weight is 480 g/mol. The molecule has 1 aromatic heterocycles. The summed E-state index contributed by atoms with van der Waals surface area (Å²) in [5, 5.41) is 6.81. The maximum atomic E-state index is 13.4. The Morgan fingerprint density at radius 3 is 2.80 bits per heavy atom. The topological polar surface area (TPSA) is 88.9 Å². The number of carbonyl (C=O) groups excluding carboxylic acids is 2. The molecule has 1 atom stereocenters. The molecule has 182 valence electrons. The third-order valence-electron chi connectivity index (χ3n) is 6.15. The molecule has 0 saturated carbocycles. The second-order valence-electron chi connectivity index (χ2n) is 8.56. The first-order chi connectivity index (χ1) is 17.0. The Morgan fingerprint density at radius 2 is 2.00 bits per heavy atom. The Morgan fingerprint density at radius 1 is 1.17 bits per heavy atom. The highest BCUT2D eigenvalue weighted by molar-refractivity contribution is 6.01. The molecule has 5 rings (SSSR count). The van der Waals surface area contributed by atoms with Gasteiger partial charge in [0.15, 0.2) is 0 Å². The minimum Gasteiger partial charge on any atom is -0.489 e. The summed E-state index contributed by atoms with van der Waals surface area (Å²) in [5.74, 6) is -0.0314. The van der Waals surface area contributed by atoms with E-state index in [0.29, 0.717) is 31.1 Å². The molecule has 0 aliphatic carbocycles. The summed E-state index contributed by atoms with van der Waals surface area (Å²) in [6, 6.07) is 10.6. The summed E-state index contributed by atoms with van der Waals surface area (Å²) in [5.41, 5.74) is 3.15. The van der Waals surface area contributed by atoms with E-state index in [4.69, 9.17) is 9.47 Å². The molecule has 2 aliphatic heterocycles. The summed E-state index contributed by atoms with van der Waals surface area (Å²) in [4.78, 5) is 29.7. The fourth-order valence-corrected chi connectivity index (χ4v) is 4.27. The van der Waals surface area contributed by atoms with E-state index in [-0.39, 0.29) is 18.3 Å². The molecule has 1 N–H and O–H groups in total. The van der Waals surface area contributed by atoms with Crippen LogP contribution in [0.5, 0.6) is 5.75 Å². The van der Waals surface area contributed by atoms with Crippen LogP contribution in [-0.4, -0.2) is 67.7 Å². The molecule has 9 nitrogen and oxygen atoms in total. The molecule has 10 heteroatoms. The van der Waals surface area contributed by atoms with Gasteiger partial charge in [0.25, 0.3) is 5.91 Å². The highest BCUT2D eigenvalue weighted by Crippen LogP contribution is 2.34. The van der Waals surface area contributed by atoms with E-state index in [1.165, 1.54) is 17.0 Å². The van der Waals surface area contributed by atoms with Crippen molar-refractivity contribution in [2.75, 3.05) is 49.8 Å². The molecule has 35 heavy (non-hydrogen) atoms. The van der Waals surface area contributed by atoms with Gasteiger partial charge in [-0.25, -0.2) is 9.18 Å². The smallest absolute Gasteiger partial charge is 0.342 e. The second-order valence-corrected chi connectivity index (χ2v) is 8.56. The highest BCUT2D eigenvalue weighted by atomic mass is 19.1. The van der Waals surface area contributed by atoms with E-state index >= 15 is 0 Å². The number of hydrogen-bond acceptors (Lipinski definition) is 6. The predicted octanol–water partition coefficient (Wildman–Crippen LogP) is 2.43. The van der Waals surface area contributed by atoms with Crippen LogP contribution in [0.3, 0.4) is 0 Å². The molecule has 3 aromatic rings. The highest BCUT2D eigenvalue weighted by Gasteiger charge is 2.31. The number of likely N-dealkylation sites (N-methyl/N-ethyl adjacent to an activating group) is 1. The molecule has 0 spiro atoms. The Kier molecular flexibility index (Phi) is 6.37. The standard InChI is InChI=1S/C25H26FN5O4/c1-29-22-13-20(30-7-9-34-10-8-30)5-6-23(22)35-16-21(24(29)32)28-25(33)31-15-18(14-27-31)11-17-3-2-4-19(26)12-17/h2-6,12-15,21H,7-11,16H2,1H3,(H,28,33)/t21-/m0/s1. The van der Waals surface area contributed by atoms with Crippen LogP contribution in [0.25, 0.3) is 0 Å². The van der Waals surface area contributed by atoms with Crippen molar-refractivity contribution in [2.45, 2.75) is 12.5 Å². The lowest BCUT2D eigenvalue weighted by Gasteiger charge is -2.30. The minimum atomic E-state index is -0.886. The van der Waals surface area contributed by atoms with Crippen LogP contribution >= 0.6 is 0 Å². The van der Waals surface area contributed by atoms with E-state index in [0.717, 1.165) is 34.6 Å². The van der Waals surface area contributed by atoms with Crippen LogP contribution in [-0.2, 0) is 16.0 Å². The van der Waals surface area contributed by atoms with E-state index in [9.17, 15) is 14.0 Å². The first-order valence-corrected chi connectivity index (χ1v) is 11.4. The van der Waals surface area contributed by atoms with E-state index < -0.39 is 12.1 Å². The number of morpholine rings is 1. The van der Waals surface area contributed by atoms with Crippen molar-refractivity contribution in [1.82, 2.24) is 15.1 Å². The van der Waals surface area contributed by atoms with Gasteiger partial charge >= 0.3 is 6.03 Å². The van der Waals surface area contributed by atoms with Crippen molar-refractivity contribution < 1.29 is 23.5 Å². The van der Waals surface area contributed by atoms with Crippen molar-refractivity contribution in [3.63, 3.8) is 0 Å². The number of hydrogen-bond donors (Lipinski definition) is 1. The van der Waals surface area contributed by atoms with Crippen LogP contribution in [0.15, 0.2) is 54.9 Å². The number of halogens is 1. The Balaban J connectivity index is 1.26. The fourth-order valence-electron chi connectivity index (χ4n) is 4.27. The largest absolute Gasteiger partial charge is 0.489 e. The average Bonchev–Trinajstić information content (AvgIpc) is 3.30. The van der Waals surface area contributed by atoms with Gasteiger partial charge in [-0.1, -0.05) is 12.1 Å². The lowest BCUT2D eigenvalue weighted by Crippen LogP contribution is -2.50. The number of nitrogens with one attached hydrogen (secondary N) is 1. The van der Waals surface area contributed by atoms with Crippen LogP contribution in [0, 0.1) is 5.82 Å². The van der Waals surface area contributed by atoms with Gasteiger partial charge < -0.3 is 24.6 Å². The van der Waals surface area contributed by atoms with Crippen molar-refractivity contribution in [3.05, 3.63) is 71.8 Å². The normalized spacial score (nSPS) is 18.0. The van der Waals surface area contributed by atoms with Gasteiger partial charge in [-0.3, -0.25) is 4.79 Å². The zero-order valence-electron chi connectivity index (χ0n) is 19.3. The third-order valence-corrected chi connectivity index (χ3v) is 6.15. The lowest BCUT2D eigenvalue weighted by molar-refractivity contribution is -0.120. The summed E-state index contributed by atoms with van der Waals surface area (Å²) < 4.78 is 25.9. The number of nitrogens with zero attached hydrogens (tertiary/aromatic N) is 4. The molecule has 2 aromatic carbocycles. The SMILES string of the molecule is CN1C(=O)[C@@H](NC(=O)n2cc(Cc3cccc(F)c3)cn2)COc2ccc(N3CCOCC3)cc21. The number of carbonyl (C=O) groups is 2. The summed E-state index contributed by atoms with van der Waals surface area (Å²) in [6.07, 6.45) is 3.54. The Bertz CT molecular complexity index is 1240. The van der Waals surface area contributed by atoms with Crippen LogP contribution < -0.4 is 19.9 Å². The molecule has 2 aliphatic rings. The zero-order valence-corrected chi connectivity index (χ0v) is 19.3. The molecule has 2 amide bonds. The van der Waals surface area contributed by atoms with Gasteiger partial charge in [0.1, 0.15) is 24.2 Å². The van der Waals surface area contributed by atoms with Crippen molar-refractivity contribution in [1.29, 1.82) is 0 Å².